The van der Waals surface area contributed by atoms with E-state index in [1.54, 1.807) is 24.4 Å². The first-order valence-corrected chi connectivity index (χ1v) is 11.0. The Kier molecular flexibility index (Phi) is 6.55. The predicted octanol–water partition coefficient (Wildman–Crippen LogP) is 3.74. The fourth-order valence-corrected chi connectivity index (χ4v) is 4.05. The minimum atomic E-state index is -0.881. The van der Waals surface area contributed by atoms with Gasteiger partial charge in [0.05, 0.1) is 24.1 Å². The van der Waals surface area contributed by atoms with Crippen molar-refractivity contribution in [3.63, 3.8) is 0 Å². The highest BCUT2D eigenvalue weighted by atomic mass is 32.1. The van der Waals surface area contributed by atoms with E-state index in [-0.39, 0.29) is 30.2 Å². The van der Waals surface area contributed by atoms with Crippen LogP contribution in [0.3, 0.4) is 0 Å². The maximum atomic E-state index is 12.7. The van der Waals surface area contributed by atoms with E-state index in [1.165, 1.54) is 17.6 Å². The largest absolute Gasteiger partial charge is 0.467 e. The van der Waals surface area contributed by atoms with Crippen LogP contribution in [0.25, 0.3) is 10.6 Å². The molecule has 0 fully saturated rings. The van der Waals surface area contributed by atoms with Crippen molar-refractivity contribution in [3.8, 4) is 10.6 Å². The number of esters is 2. The number of benzene rings is 1. The molecule has 1 atom stereocenters. The number of nitrogens with zero attached hydrogens (tertiary/aromatic N) is 1. The monoisotopic (exact) mass is 467 g/mol. The first kappa shape index (κ1) is 22.3. The smallest absolute Gasteiger partial charge is 0.358 e. The molecule has 0 aliphatic carbocycles. The quantitative estimate of drug-likeness (QED) is 0.508. The Balaban J connectivity index is 1.55. The topological polar surface area (TPSA) is 120 Å². The molecule has 1 unspecified atom stereocenters. The van der Waals surface area contributed by atoms with Gasteiger partial charge in [0.1, 0.15) is 23.4 Å². The molecule has 0 spiro atoms. The number of amides is 2. The van der Waals surface area contributed by atoms with Crippen molar-refractivity contribution < 1.29 is 28.3 Å². The third kappa shape index (κ3) is 4.96. The lowest BCUT2D eigenvalue weighted by atomic mass is 10.0. The van der Waals surface area contributed by atoms with Crippen LogP contribution in [0.2, 0.25) is 0 Å². The molecule has 4 rings (SSSR count). The average Bonchev–Trinajstić information content (AvgIpc) is 3.50. The van der Waals surface area contributed by atoms with Gasteiger partial charge in [-0.05, 0) is 26.0 Å². The number of ether oxygens (including phenoxy) is 2. The molecule has 10 heteroatoms. The lowest BCUT2D eigenvalue weighted by molar-refractivity contribution is -0.139. The highest BCUT2D eigenvalue weighted by Gasteiger charge is 2.35. The number of furan rings is 1. The Labute approximate surface area is 193 Å². The molecule has 170 valence electrons. The summed E-state index contributed by atoms with van der Waals surface area (Å²) in [6.07, 6.45) is 1.43. The van der Waals surface area contributed by atoms with Gasteiger partial charge in [-0.25, -0.2) is 19.4 Å². The molecular weight excluding hydrogens is 446 g/mol. The first-order chi connectivity index (χ1) is 16.0. The van der Waals surface area contributed by atoms with Gasteiger partial charge in [-0.3, -0.25) is 0 Å². The molecule has 9 nitrogen and oxygen atoms in total. The fourth-order valence-electron chi connectivity index (χ4n) is 3.26. The van der Waals surface area contributed by atoms with Gasteiger partial charge in [0.25, 0.3) is 0 Å². The minimum absolute atomic E-state index is 0.0952. The van der Waals surface area contributed by atoms with E-state index < -0.39 is 24.0 Å². The first-order valence-electron chi connectivity index (χ1n) is 10.2. The van der Waals surface area contributed by atoms with Crippen LogP contribution >= 0.6 is 11.3 Å². The van der Waals surface area contributed by atoms with Crippen LogP contribution in [0.1, 0.15) is 34.8 Å². The maximum Gasteiger partial charge on any atom is 0.358 e. The van der Waals surface area contributed by atoms with Gasteiger partial charge in [0.15, 0.2) is 5.69 Å². The summed E-state index contributed by atoms with van der Waals surface area (Å²) < 4.78 is 15.9. The van der Waals surface area contributed by atoms with E-state index in [0.717, 1.165) is 11.1 Å². The van der Waals surface area contributed by atoms with Gasteiger partial charge >= 0.3 is 18.0 Å². The third-order valence-electron chi connectivity index (χ3n) is 4.84. The second kappa shape index (κ2) is 9.70. The van der Waals surface area contributed by atoms with Crippen molar-refractivity contribution in [3.05, 3.63) is 76.3 Å². The number of carbonyl (C=O) groups excluding carboxylic acids is 3. The second-order valence-corrected chi connectivity index (χ2v) is 8.00. The van der Waals surface area contributed by atoms with Crippen molar-refractivity contribution in [2.75, 3.05) is 13.2 Å². The van der Waals surface area contributed by atoms with Gasteiger partial charge in [-0.2, -0.15) is 0 Å². The summed E-state index contributed by atoms with van der Waals surface area (Å²) in [5.41, 5.74) is 2.36. The van der Waals surface area contributed by atoms with Crippen LogP contribution < -0.4 is 10.6 Å². The molecule has 1 aromatic carbocycles. The lowest BCUT2D eigenvalue weighted by Crippen LogP contribution is -2.47. The molecule has 0 saturated carbocycles. The number of nitrogens with one attached hydrogen (secondary N) is 2. The summed E-state index contributed by atoms with van der Waals surface area (Å²) in [4.78, 5) is 41.8. The molecule has 2 amide bonds. The summed E-state index contributed by atoms with van der Waals surface area (Å²) >= 11 is 1.32. The van der Waals surface area contributed by atoms with Crippen molar-refractivity contribution in [1.82, 2.24) is 15.6 Å². The molecule has 33 heavy (non-hydrogen) atoms. The summed E-state index contributed by atoms with van der Waals surface area (Å²) in [6, 6.07) is 9.61. The molecule has 3 aromatic rings. The molecular formula is C23H21N3O6S. The van der Waals surface area contributed by atoms with E-state index in [4.69, 9.17) is 13.9 Å². The van der Waals surface area contributed by atoms with Gasteiger partial charge in [0, 0.05) is 10.9 Å². The number of hydrogen-bond acceptors (Lipinski definition) is 8. The Bertz CT molecular complexity index is 1200. The average molecular weight is 468 g/mol. The molecule has 1 aliphatic heterocycles. The highest BCUT2D eigenvalue weighted by Crippen LogP contribution is 2.29. The number of thiazole rings is 1. The lowest BCUT2D eigenvalue weighted by Gasteiger charge is -2.27. The van der Waals surface area contributed by atoms with Gasteiger partial charge in [0.2, 0.25) is 0 Å². The maximum absolute atomic E-state index is 12.7. The fraction of sp³-hybridized carbons (Fsp3) is 0.217. The van der Waals surface area contributed by atoms with Crippen LogP contribution in [0.15, 0.2) is 63.7 Å². The SMILES string of the molecule is CCOC(=O)C1=C(COC(=O)c2csc(-c3ccc(C)cc3)n2)NC(=O)NC1c1ccco1. The Morgan fingerprint density at radius 2 is 1.94 bits per heavy atom. The van der Waals surface area contributed by atoms with Crippen LogP contribution in [0.4, 0.5) is 4.79 Å². The molecule has 3 heterocycles. The van der Waals surface area contributed by atoms with Crippen LogP contribution in [0, 0.1) is 6.92 Å². The number of urea groups is 1. The summed E-state index contributed by atoms with van der Waals surface area (Å²) in [6.45, 7) is 3.44. The third-order valence-corrected chi connectivity index (χ3v) is 5.73. The van der Waals surface area contributed by atoms with E-state index in [9.17, 15) is 14.4 Å². The molecule has 2 aromatic heterocycles. The zero-order chi connectivity index (χ0) is 23.4. The molecule has 1 aliphatic rings. The van der Waals surface area contributed by atoms with Crippen LogP contribution in [-0.2, 0) is 14.3 Å². The number of hydrogen-bond donors (Lipinski definition) is 2. The standard InChI is InChI=1S/C23H21N3O6S/c1-3-30-22(28)18-15(25-23(29)26-19(18)17-5-4-10-31-17)11-32-21(27)16-12-33-20(24-16)14-8-6-13(2)7-9-14/h4-10,12,19H,3,11H2,1-2H3,(H2,25,26,29). The van der Waals surface area contributed by atoms with Gasteiger partial charge in [-0.15, -0.1) is 11.3 Å². The molecule has 0 saturated heterocycles. The van der Waals surface area contributed by atoms with E-state index in [1.807, 2.05) is 31.2 Å². The number of carbonyl (C=O) groups is 3. The Hall–Kier alpha value is -3.92. The summed E-state index contributed by atoms with van der Waals surface area (Å²) in [5.74, 6) is -0.991. The molecule has 2 N–H and O–H groups in total. The van der Waals surface area contributed by atoms with Crippen molar-refractivity contribution >= 4 is 29.3 Å². The van der Waals surface area contributed by atoms with Crippen LogP contribution in [0.5, 0.6) is 0 Å². The predicted molar refractivity (Wildman–Crippen MR) is 119 cm³/mol. The Morgan fingerprint density at radius 1 is 1.15 bits per heavy atom. The zero-order valence-electron chi connectivity index (χ0n) is 17.9. The summed E-state index contributed by atoms with van der Waals surface area (Å²) in [7, 11) is 0. The van der Waals surface area contributed by atoms with Gasteiger partial charge < -0.3 is 24.5 Å². The van der Waals surface area contributed by atoms with E-state index in [2.05, 4.69) is 15.6 Å². The zero-order valence-corrected chi connectivity index (χ0v) is 18.7. The van der Waals surface area contributed by atoms with E-state index >= 15 is 0 Å². The number of aromatic nitrogens is 1. The highest BCUT2D eigenvalue weighted by molar-refractivity contribution is 7.13. The van der Waals surface area contributed by atoms with Crippen LogP contribution in [-0.4, -0.2) is 36.2 Å². The van der Waals surface area contributed by atoms with Crippen molar-refractivity contribution in [1.29, 1.82) is 0 Å². The Morgan fingerprint density at radius 3 is 2.64 bits per heavy atom. The van der Waals surface area contributed by atoms with Crippen molar-refractivity contribution in [2.45, 2.75) is 19.9 Å². The second-order valence-electron chi connectivity index (χ2n) is 7.14. The number of aryl methyl sites for hydroxylation is 1. The van der Waals surface area contributed by atoms with Gasteiger partial charge in [-0.1, -0.05) is 29.8 Å². The molecule has 0 bridgehead atoms. The van der Waals surface area contributed by atoms with Crippen molar-refractivity contribution in [2.24, 2.45) is 0 Å². The summed E-state index contributed by atoms with van der Waals surface area (Å²) in [5, 5.41) is 7.45. The van der Waals surface area contributed by atoms with E-state index in [0.29, 0.717) is 10.8 Å². The minimum Gasteiger partial charge on any atom is -0.467 e. The molecule has 0 radical (unpaired) electrons. The normalized spacial score (nSPS) is 15.6. The number of rotatable bonds is 7.